The van der Waals surface area contributed by atoms with Gasteiger partial charge in [-0.1, -0.05) is 18.2 Å². The van der Waals surface area contributed by atoms with E-state index in [9.17, 15) is 4.79 Å². The van der Waals surface area contributed by atoms with E-state index in [2.05, 4.69) is 22.5 Å². The number of ether oxygens (including phenoxy) is 1. The second kappa shape index (κ2) is 12.3. The third-order valence-corrected chi connectivity index (χ3v) is 5.03. The molecule has 0 aromatic heterocycles. The fourth-order valence-electron chi connectivity index (χ4n) is 3.60. The molecule has 0 aliphatic carbocycles. The van der Waals surface area contributed by atoms with Gasteiger partial charge in [-0.2, -0.15) is 0 Å². The van der Waals surface area contributed by atoms with E-state index in [0.29, 0.717) is 13.2 Å². The Morgan fingerprint density at radius 2 is 2.07 bits per heavy atom. The standard InChI is InChI=1S/C22H37N5O2/c1-5-23-22(25-17-18-11-7-8-13-20(18)29-6-2)24-14-10-16-27-15-9-12-19(27)21(28)26(3)4/h7-8,11,13,19H,5-6,9-10,12,14-17H2,1-4H3,(H2,23,24,25). The highest BCUT2D eigenvalue weighted by molar-refractivity contribution is 5.81. The van der Waals surface area contributed by atoms with Crippen LogP contribution in [-0.2, 0) is 11.3 Å². The summed E-state index contributed by atoms with van der Waals surface area (Å²) in [6.45, 7) is 8.82. The van der Waals surface area contributed by atoms with Crippen LogP contribution in [0.15, 0.2) is 29.3 Å². The summed E-state index contributed by atoms with van der Waals surface area (Å²) in [6.07, 6.45) is 3.03. The highest BCUT2D eigenvalue weighted by atomic mass is 16.5. The van der Waals surface area contributed by atoms with Gasteiger partial charge in [0.05, 0.1) is 19.2 Å². The van der Waals surface area contributed by atoms with Gasteiger partial charge in [0.1, 0.15) is 5.75 Å². The fraction of sp³-hybridized carbons (Fsp3) is 0.636. The highest BCUT2D eigenvalue weighted by Crippen LogP contribution is 2.19. The predicted molar refractivity (Wildman–Crippen MR) is 118 cm³/mol. The number of carbonyl (C=O) groups is 1. The minimum atomic E-state index is 0.0435. The first-order chi connectivity index (χ1) is 14.1. The van der Waals surface area contributed by atoms with Crippen LogP contribution in [0.4, 0.5) is 0 Å². The minimum Gasteiger partial charge on any atom is -0.494 e. The number of guanidine groups is 1. The number of likely N-dealkylation sites (N-methyl/N-ethyl adjacent to an activating group) is 1. The first kappa shape index (κ1) is 23.0. The number of likely N-dealkylation sites (tertiary alicyclic amines) is 1. The first-order valence-corrected chi connectivity index (χ1v) is 10.7. The number of hydrogen-bond donors (Lipinski definition) is 2. The molecule has 29 heavy (non-hydrogen) atoms. The molecular formula is C22H37N5O2. The van der Waals surface area contributed by atoms with Gasteiger partial charge in [0.15, 0.2) is 5.96 Å². The largest absolute Gasteiger partial charge is 0.494 e. The average Bonchev–Trinajstić information content (AvgIpc) is 3.18. The van der Waals surface area contributed by atoms with Crippen molar-refractivity contribution in [3.63, 3.8) is 0 Å². The normalized spacial score (nSPS) is 17.2. The Balaban J connectivity index is 1.83. The van der Waals surface area contributed by atoms with E-state index in [-0.39, 0.29) is 11.9 Å². The van der Waals surface area contributed by atoms with Crippen molar-refractivity contribution in [1.29, 1.82) is 0 Å². The summed E-state index contributed by atoms with van der Waals surface area (Å²) in [5.74, 6) is 1.92. The summed E-state index contributed by atoms with van der Waals surface area (Å²) in [4.78, 5) is 21.0. The number of para-hydroxylation sites is 1. The summed E-state index contributed by atoms with van der Waals surface area (Å²) in [5, 5.41) is 6.71. The van der Waals surface area contributed by atoms with Crippen LogP contribution in [0.2, 0.25) is 0 Å². The van der Waals surface area contributed by atoms with E-state index in [4.69, 9.17) is 9.73 Å². The summed E-state index contributed by atoms with van der Waals surface area (Å²) >= 11 is 0. The maximum absolute atomic E-state index is 12.3. The lowest BCUT2D eigenvalue weighted by atomic mass is 10.2. The molecule has 2 N–H and O–H groups in total. The van der Waals surface area contributed by atoms with Crippen LogP contribution >= 0.6 is 0 Å². The van der Waals surface area contributed by atoms with Crippen molar-refractivity contribution >= 4 is 11.9 Å². The zero-order valence-corrected chi connectivity index (χ0v) is 18.4. The molecule has 0 bridgehead atoms. The number of hydrogen-bond acceptors (Lipinski definition) is 4. The van der Waals surface area contributed by atoms with E-state index in [1.807, 2.05) is 45.3 Å². The van der Waals surface area contributed by atoms with Gasteiger partial charge >= 0.3 is 0 Å². The van der Waals surface area contributed by atoms with Crippen molar-refractivity contribution in [1.82, 2.24) is 20.4 Å². The minimum absolute atomic E-state index is 0.0435. The van der Waals surface area contributed by atoms with Crippen LogP contribution in [0.5, 0.6) is 5.75 Å². The Morgan fingerprint density at radius 1 is 1.28 bits per heavy atom. The van der Waals surface area contributed by atoms with Gasteiger partial charge < -0.3 is 20.3 Å². The molecule has 1 saturated heterocycles. The Labute approximate surface area is 175 Å². The number of carbonyl (C=O) groups excluding carboxylic acids is 1. The third kappa shape index (κ3) is 7.24. The molecule has 1 aliphatic rings. The van der Waals surface area contributed by atoms with Crippen molar-refractivity contribution in [3.8, 4) is 5.75 Å². The Hall–Kier alpha value is -2.28. The average molecular weight is 404 g/mol. The topological polar surface area (TPSA) is 69.2 Å². The number of amides is 1. The molecule has 162 valence electrons. The quantitative estimate of drug-likeness (QED) is 0.356. The molecule has 1 aromatic rings. The molecule has 0 saturated carbocycles. The summed E-state index contributed by atoms with van der Waals surface area (Å²) in [5.41, 5.74) is 1.08. The lowest BCUT2D eigenvalue weighted by molar-refractivity contribution is -0.133. The summed E-state index contributed by atoms with van der Waals surface area (Å²) in [6, 6.07) is 8.06. The number of rotatable bonds is 10. The zero-order chi connectivity index (χ0) is 21.1. The van der Waals surface area contributed by atoms with Gasteiger partial charge in [0.2, 0.25) is 5.91 Å². The van der Waals surface area contributed by atoms with Crippen LogP contribution in [0.25, 0.3) is 0 Å². The number of aliphatic imine (C=N–C) groups is 1. The predicted octanol–water partition coefficient (Wildman–Crippen LogP) is 2.08. The van der Waals surface area contributed by atoms with Crippen molar-refractivity contribution in [3.05, 3.63) is 29.8 Å². The highest BCUT2D eigenvalue weighted by Gasteiger charge is 2.30. The molecule has 7 nitrogen and oxygen atoms in total. The van der Waals surface area contributed by atoms with Crippen LogP contribution in [0.3, 0.4) is 0 Å². The lowest BCUT2D eigenvalue weighted by Crippen LogP contribution is -2.44. The van der Waals surface area contributed by atoms with Gasteiger partial charge in [0.25, 0.3) is 0 Å². The van der Waals surface area contributed by atoms with Gasteiger partial charge in [0, 0.05) is 39.3 Å². The van der Waals surface area contributed by atoms with E-state index in [0.717, 1.165) is 62.7 Å². The first-order valence-electron chi connectivity index (χ1n) is 10.7. The van der Waals surface area contributed by atoms with Crippen molar-refractivity contribution in [2.24, 2.45) is 4.99 Å². The summed E-state index contributed by atoms with van der Waals surface area (Å²) in [7, 11) is 3.67. The SMILES string of the molecule is CCNC(=NCc1ccccc1OCC)NCCCN1CCCC1C(=O)N(C)C. The van der Waals surface area contributed by atoms with E-state index < -0.39 is 0 Å². The molecule has 0 radical (unpaired) electrons. The van der Waals surface area contributed by atoms with Crippen LogP contribution in [0.1, 0.15) is 38.7 Å². The molecule has 1 fully saturated rings. The maximum atomic E-state index is 12.3. The number of nitrogens with one attached hydrogen (secondary N) is 2. The Morgan fingerprint density at radius 3 is 2.79 bits per heavy atom. The lowest BCUT2D eigenvalue weighted by Gasteiger charge is -2.26. The van der Waals surface area contributed by atoms with Crippen LogP contribution in [0, 0.1) is 0 Å². The van der Waals surface area contributed by atoms with Crippen molar-refractivity contribution < 1.29 is 9.53 Å². The molecule has 0 spiro atoms. The molecule has 1 aromatic carbocycles. The number of benzene rings is 1. The number of nitrogens with zero attached hydrogens (tertiary/aromatic N) is 3. The molecule has 1 aliphatic heterocycles. The molecule has 2 rings (SSSR count). The molecule has 7 heteroatoms. The van der Waals surface area contributed by atoms with Crippen LogP contribution < -0.4 is 15.4 Å². The summed E-state index contributed by atoms with van der Waals surface area (Å²) < 4.78 is 5.68. The Kier molecular flexibility index (Phi) is 9.77. The maximum Gasteiger partial charge on any atom is 0.239 e. The van der Waals surface area contributed by atoms with Gasteiger partial charge in [-0.25, -0.2) is 4.99 Å². The molecule has 1 heterocycles. The third-order valence-electron chi connectivity index (χ3n) is 5.03. The molecular weight excluding hydrogens is 366 g/mol. The van der Waals surface area contributed by atoms with E-state index in [1.54, 1.807) is 4.90 Å². The van der Waals surface area contributed by atoms with Crippen molar-refractivity contribution in [2.75, 3.05) is 46.9 Å². The Bertz CT molecular complexity index is 662. The van der Waals surface area contributed by atoms with Gasteiger partial charge in [-0.15, -0.1) is 0 Å². The van der Waals surface area contributed by atoms with E-state index >= 15 is 0 Å². The van der Waals surface area contributed by atoms with E-state index in [1.165, 1.54) is 0 Å². The van der Waals surface area contributed by atoms with Crippen LogP contribution in [-0.4, -0.2) is 74.6 Å². The van der Waals surface area contributed by atoms with Gasteiger partial charge in [-0.05, 0) is 45.7 Å². The molecule has 1 atom stereocenters. The smallest absolute Gasteiger partial charge is 0.239 e. The second-order valence-electron chi connectivity index (χ2n) is 7.44. The second-order valence-corrected chi connectivity index (χ2v) is 7.44. The van der Waals surface area contributed by atoms with Crippen molar-refractivity contribution in [2.45, 2.75) is 45.7 Å². The fourth-order valence-corrected chi connectivity index (χ4v) is 3.60. The molecule has 1 unspecified atom stereocenters. The monoisotopic (exact) mass is 403 g/mol. The van der Waals surface area contributed by atoms with Gasteiger partial charge in [-0.3, -0.25) is 9.69 Å². The molecule has 1 amide bonds. The zero-order valence-electron chi connectivity index (χ0n) is 18.4.